The zero-order valence-corrected chi connectivity index (χ0v) is 16.3. The van der Waals surface area contributed by atoms with Crippen LogP contribution < -0.4 is 15.0 Å². The second-order valence-electron chi connectivity index (χ2n) is 6.69. The number of nitrogens with one attached hydrogen (secondary N) is 1. The summed E-state index contributed by atoms with van der Waals surface area (Å²) in [6, 6.07) is 4.99. The quantitative estimate of drug-likeness (QED) is 0.644. The third-order valence-electron chi connectivity index (χ3n) is 4.65. The van der Waals surface area contributed by atoms with E-state index in [1.165, 1.54) is 16.8 Å². The molecule has 8 nitrogen and oxygen atoms in total. The van der Waals surface area contributed by atoms with E-state index in [9.17, 15) is 9.59 Å². The minimum Gasteiger partial charge on any atom is -0.489 e. The number of carbonyl (C=O) groups is 2. The van der Waals surface area contributed by atoms with E-state index in [2.05, 4.69) is 29.3 Å². The molecule has 0 aromatic heterocycles. The Balaban J connectivity index is 0.000000300. The summed E-state index contributed by atoms with van der Waals surface area (Å²) < 4.78 is 11.2. The third kappa shape index (κ3) is 6.24. The molecule has 8 heteroatoms. The summed E-state index contributed by atoms with van der Waals surface area (Å²) in [7, 11) is 1.76. The van der Waals surface area contributed by atoms with Crippen LogP contribution in [0.1, 0.15) is 18.1 Å². The van der Waals surface area contributed by atoms with Crippen LogP contribution in [0.2, 0.25) is 0 Å². The molecule has 0 saturated carbocycles. The van der Waals surface area contributed by atoms with Gasteiger partial charge in [-0.1, -0.05) is 0 Å². The fraction of sp³-hybridized carbons (Fsp3) is 0.500. The molecule has 0 fully saturated rings. The van der Waals surface area contributed by atoms with Gasteiger partial charge in [0.15, 0.2) is 0 Å². The zero-order chi connectivity index (χ0) is 20.5. The van der Waals surface area contributed by atoms with E-state index in [0.29, 0.717) is 18.2 Å². The highest BCUT2D eigenvalue weighted by Crippen LogP contribution is 2.37. The van der Waals surface area contributed by atoms with E-state index in [-0.39, 0.29) is 0 Å². The summed E-state index contributed by atoms with van der Waals surface area (Å²) in [5, 5.41) is 19.1. The van der Waals surface area contributed by atoms with E-state index in [1.54, 1.807) is 7.11 Å². The van der Waals surface area contributed by atoms with Gasteiger partial charge in [-0.3, -0.25) is 0 Å². The lowest BCUT2D eigenvalue weighted by molar-refractivity contribution is -0.134. The summed E-state index contributed by atoms with van der Waals surface area (Å²) >= 11 is 0. The fourth-order valence-corrected chi connectivity index (χ4v) is 3.24. The number of benzene rings is 1. The summed E-state index contributed by atoms with van der Waals surface area (Å²) in [5.41, 5.74) is 4.14. The van der Waals surface area contributed by atoms with Gasteiger partial charge in [0.1, 0.15) is 12.4 Å². The molecule has 0 saturated heterocycles. The van der Waals surface area contributed by atoms with Crippen LogP contribution >= 0.6 is 0 Å². The first-order valence-corrected chi connectivity index (χ1v) is 9.31. The van der Waals surface area contributed by atoms with Crippen molar-refractivity contribution < 1.29 is 29.3 Å². The maximum Gasteiger partial charge on any atom is 0.328 e. The van der Waals surface area contributed by atoms with Gasteiger partial charge in [0.2, 0.25) is 0 Å². The molecule has 1 atom stereocenters. The van der Waals surface area contributed by atoms with Crippen molar-refractivity contribution in [2.24, 2.45) is 0 Å². The molecule has 0 amide bonds. The molecule has 3 rings (SSSR count). The average Bonchev–Trinajstić information content (AvgIpc) is 2.89. The number of hydrogen-bond acceptors (Lipinski definition) is 6. The smallest absolute Gasteiger partial charge is 0.328 e. The molecule has 0 spiro atoms. The molecule has 1 aromatic carbocycles. The topological polar surface area (TPSA) is 108 Å². The molecule has 28 heavy (non-hydrogen) atoms. The summed E-state index contributed by atoms with van der Waals surface area (Å²) in [5.74, 6) is -1.47. The van der Waals surface area contributed by atoms with Crippen molar-refractivity contribution in [1.82, 2.24) is 5.32 Å². The number of anilines is 1. The molecule has 0 bridgehead atoms. The molecule has 2 aliphatic heterocycles. The standard InChI is InChI=1S/C16H24N2O2.C4H4O4/c1-12-11-20-16-10-14-4-6-17-5-3-13(14)9-15(16)18(12)7-8-19-2;5-3(6)1-2-4(7)8/h9-10,12,17H,3-8,11H2,1-2H3;1-2H,(H,5,6)(H,7,8)/b;2-1+. The van der Waals surface area contributed by atoms with Crippen molar-refractivity contribution in [2.45, 2.75) is 25.8 Å². The van der Waals surface area contributed by atoms with E-state index < -0.39 is 11.9 Å². The lowest BCUT2D eigenvalue weighted by Crippen LogP contribution is -2.43. The Hall–Kier alpha value is -2.58. The lowest BCUT2D eigenvalue weighted by atomic mass is 9.99. The fourth-order valence-electron chi connectivity index (χ4n) is 3.24. The first-order chi connectivity index (χ1) is 13.4. The molecular formula is C20H28N2O6. The van der Waals surface area contributed by atoms with Crippen molar-refractivity contribution in [3.63, 3.8) is 0 Å². The van der Waals surface area contributed by atoms with Gasteiger partial charge in [0.25, 0.3) is 0 Å². The molecule has 2 aliphatic rings. The van der Waals surface area contributed by atoms with Crippen molar-refractivity contribution in [3.8, 4) is 5.75 Å². The van der Waals surface area contributed by atoms with Gasteiger partial charge in [0.05, 0.1) is 18.3 Å². The molecule has 3 N–H and O–H groups in total. The van der Waals surface area contributed by atoms with Crippen molar-refractivity contribution in [3.05, 3.63) is 35.4 Å². The van der Waals surface area contributed by atoms with E-state index in [4.69, 9.17) is 19.7 Å². The summed E-state index contributed by atoms with van der Waals surface area (Å²) in [6.07, 6.45) is 3.32. The summed E-state index contributed by atoms with van der Waals surface area (Å²) in [4.78, 5) is 21.5. The minimum atomic E-state index is -1.26. The van der Waals surface area contributed by atoms with Crippen LogP contribution in [0.4, 0.5) is 5.69 Å². The SMILES string of the molecule is COCCN1c2cc3c(cc2OCC1C)CCNCC3.O=C(O)/C=C/C(=O)O. The number of rotatable bonds is 5. The van der Waals surface area contributed by atoms with Crippen LogP contribution in [-0.4, -0.2) is 68.2 Å². The van der Waals surface area contributed by atoms with Gasteiger partial charge >= 0.3 is 11.9 Å². The number of ether oxygens (including phenoxy) is 2. The van der Waals surface area contributed by atoms with Crippen LogP contribution in [0.5, 0.6) is 5.75 Å². The van der Waals surface area contributed by atoms with Crippen LogP contribution in [-0.2, 0) is 27.2 Å². The molecule has 0 radical (unpaired) electrons. The number of fused-ring (bicyclic) bond motifs is 2. The van der Waals surface area contributed by atoms with Gasteiger partial charge in [-0.15, -0.1) is 0 Å². The predicted molar refractivity (Wildman–Crippen MR) is 105 cm³/mol. The maximum absolute atomic E-state index is 9.55. The Bertz CT molecular complexity index is 703. The van der Waals surface area contributed by atoms with Crippen molar-refractivity contribution in [2.75, 3.05) is 44.9 Å². The molecule has 0 aliphatic carbocycles. The van der Waals surface area contributed by atoms with Gasteiger partial charge in [0, 0.05) is 25.8 Å². The Morgan fingerprint density at radius 1 is 1.21 bits per heavy atom. The number of methoxy groups -OCH3 is 1. The Kier molecular flexibility index (Phi) is 8.28. The number of carboxylic acid groups (broad SMARTS) is 2. The normalized spacial score (nSPS) is 18.2. The zero-order valence-electron chi connectivity index (χ0n) is 16.3. The van der Waals surface area contributed by atoms with Gasteiger partial charge in [-0.2, -0.15) is 0 Å². The van der Waals surface area contributed by atoms with Gasteiger partial charge < -0.3 is 29.9 Å². The van der Waals surface area contributed by atoms with Crippen LogP contribution in [0, 0.1) is 0 Å². The predicted octanol–water partition coefficient (Wildman–Crippen LogP) is 1.32. The third-order valence-corrected chi connectivity index (χ3v) is 4.65. The second-order valence-corrected chi connectivity index (χ2v) is 6.69. The highest BCUT2D eigenvalue weighted by Gasteiger charge is 2.25. The van der Waals surface area contributed by atoms with Crippen molar-refractivity contribution >= 4 is 17.6 Å². The van der Waals surface area contributed by atoms with Gasteiger partial charge in [-0.25, -0.2) is 9.59 Å². The average molecular weight is 392 g/mol. The number of aliphatic carboxylic acids is 2. The first-order valence-electron chi connectivity index (χ1n) is 9.31. The maximum atomic E-state index is 9.55. The van der Waals surface area contributed by atoms with E-state index in [1.807, 2.05) is 0 Å². The number of carboxylic acids is 2. The van der Waals surface area contributed by atoms with Crippen LogP contribution in [0.3, 0.4) is 0 Å². The monoisotopic (exact) mass is 392 g/mol. The molecule has 1 unspecified atom stereocenters. The van der Waals surface area contributed by atoms with Crippen LogP contribution in [0.25, 0.3) is 0 Å². The van der Waals surface area contributed by atoms with Gasteiger partial charge in [-0.05, 0) is 56.1 Å². The second kappa shape index (κ2) is 10.7. The molecule has 2 heterocycles. The molecule has 1 aromatic rings. The summed E-state index contributed by atoms with van der Waals surface area (Å²) in [6.45, 7) is 6.78. The van der Waals surface area contributed by atoms with E-state index in [0.717, 1.165) is 51.4 Å². The van der Waals surface area contributed by atoms with E-state index >= 15 is 0 Å². The largest absolute Gasteiger partial charge is 0.489 e. The Morgan fingerprint density at radius 2 is 1.82 bits per heavy atom. The first kappa shape index (κ1) is 21.7. The molecular weight excluding hydrogens is 364 g/mol. The number of hydrogen-bond donors (Lipinski definition) is 3. The minimum absolute atomic E-state index is 0.402. The Labute approximate surface area is 164 Å². The van der Waals surface area contributed by atoms with Crippen LogP contribution in [0.15, 0.2) is 24.3 Å². The highest BCUT2D eigenvalue weighted by atomic mass is 16.5. The number of nitrogens with zero attached hydrogens (tertiary/aromatic N) is 1. The Morgan fingerprint density at radius 3 is 2.39 bits per heavy atom. The molecule has 154 valence electrons. The highest BCUT2D eigenvalue weighted by molar-refractivity contribution is 5.89. The lowest BCUT2D eigenvalue weighted by Gasteiger charge is -2.37. The van der Waals surface area contributed by atoms with Crippen molar-refractivity contribution in [1.29, 1.82) is 0 Å².